The third kappa shape index (κ3) is 4.72. The minimum absolute atomic E-state index is 0.0230. The lowest BCUT2D eigenvalue weighted by Crippen LogP contribution is -2.20. The number of ether oxygens (including phenoxy) is 3. The molecule has 0 aliphatic heterocycles. The first-order chi connectivity index (χ1) is 12.0. The molecule has 2 N–H and O–H groups in total. The second-order valence-corrected chi connectivity index (χ2v) is 4.97. The summed E-state index contributed by atoms with van der Waals surface area (Å²) >= 11 is 0. The second kappa shape index (κ2) is 8.36. The van der Waals surface area contributed by atoms with Crippen molar-refractivity contribution < 1.29 is 23.8 Å². The number of carbonyl (C=O) groups excluding carboxylic acids is 2. The van der Waals surface area contributed by atoms with Gasteiger partial charge < -0.3 is 19.9 Å². The summed E-state index contributed by atoms with van der Waals surface area (Å²) in [5, 5.41) is 9.04. The summed E-state index contributed by atoms with van der Waals surface area (Å²) in [6.45, 7) is -0.324. The van der Waals surface area contributed by atoms with E-state index in [0.717, 1.165) is 0 Å². The summed E-state index contributed by atoms with van der Waals surface area (Å²) < 4.78 is 15.6. The SMILES string of the molecule is COc1cc(C(=O)OCc2ccccc2C#N)ccc1OCC(N)=O. The monoisotopic (exact) mass is 340 g/mol. The molecule has 0 heterocycles. The van der Waals surface area contributed by atoms with Crippen molar-refractivity contribution in [3.8, 4) is 17.6 Å². The lowest BCUT2D eigenvalue weighted by atomic mass is 10.1. The standard InChI is InChI=1S/C18H16N2O5/c1-23-16-8-12(6-7-15(16)24-11-17(20)21)18(22)25-10-14-5-3-2-4-13(14)9-19/h2-8H,10-11H2,1H3,(H2,20,21). The van der Waals surface area contributed by atoms with Crippen LogP contribution in [0.4, 0.5) is 0 Å². The van der Waals surface area contributed by atoms with Gasteiger partial charge in [-0.05, 0) is 24.3 Å². The number of nitriles is 1. The fourth-order valence-electron chi connectivity index (χ4n) is 2.04. The van der Waals surface area contributed by atoms with Gasteiger partial charge in [0.1, 0.15) is 6.61 Å². The molecule has 0 unspecified atom stereocenters. The van der Waals surface area contributed by atoms with E-state index in [1.807, 2.05) is 6.07 Å². The van der Waals surface area contributed by atoms with E-state index in [1.54, 1.807) is 24.3 Å². The molecule has 0 aliphatic carbocycles. The number of esters is 1. The summed E-state index contributed by atoms with van der Waals surface area (Å²) in [4.78, 5) is 23.0. The lowest BCUT2D eigenvalue weighted by Gasteiger charge is -2.11. The molecular formula is C18H16N2O5. The predicted molar refractivity (Wildman–Crippen MR) is 88.0 cm³/mol. The Morgan fingerprint density at radius 2 is 1.92 bits per heavy atom. The number of amides is 1. The molecule has 0 aliphatic rings. The van der Waals surface area contributed by atoms with Gasteiger partial charge in [0.05, 0.1) is 24.3 Å². The molecule has 1 amide bonds. The predicted octanol–water partition coefficient (Wildman–Crippen LogP) is 1.79. The molecule has 7 nitrogen and oxygen atoms in total. The van der Waals surface area contributed by atoms with E-state index >= 15 is 0 Å². The molecule has 2 aromatic carbocycles. The third-order valence-electron chi connectivity index (χ3n) is 3.27. The minimum atomic E-state index is -0.623. The Balaban J connectivity index is 2.09. The number of methoxy groups -OCH3 is 1. The molecule has 2 aromatic rings. The van der Waals surface area contributed by atoms with E-state index in [-0.39, 0.29) is 30.3 Å². The maximum atomic E-state index is 12.2. The van der Waals surface area contributed by atoms with Crippen molar-refractivity contribution in [1.29, 1.82) is 5.26 Å². The topological polar surface area (TPSA) is 112 Å². The first kappa shape index (κ1) is 17.8. The molecule has 0 saturated carbocycles. The van der Waals surface area contributed by atoms with Crippen molar-refractivity contribution in [2.45, 2.75) is 6.61 Å². The largest absolute Gasteiger partial charge is 0.493 e. The molecular weight excluding hydrogens is 324 g/mol. The summed E-state index contributed by atoms with van der Waals surface area (Å²) in [5.41, 5.74) is 6.34. The van der Waals surface area contributed by atoms with Crippen LogP contribution < -0.4 is 15.2 Å². The summed E-state index contributed by atoms with van der Waals surface area (Å²) in [7, 11) is 1.41. The van der Waals surface area contributed by atoms with Crippen LogP contribution in [0.2, 0.25) is 0 Å². The van der Waals surface area contributed by atoms with Crippen LogP contribution in [0.3, 0.4) is 0 Å². The zero-order valence-corrected chi connectivity index (χ0v) is 13.5. The number of hydrogen-bond donors (Lipinski definition) is 1. The van der Waals surface area contributed by atoms with E-state index in [2.05, 4.69) is 0 Å². The average Bonchev–Trinajstić information content (AvgIpc) is 2.64. The minimum Gasteiger partial charge on any atom is -0.493 e. The van der Waals surface area contributed by atoms with Crippen LogP contribution in [0.1, 0.15) is 21.5 Å². The van der Waals surface area contributed by atoms with Gasteiger partial charge in [0.2, 0.25) is 0 Å². The molecule has 0 saturated heterocycles. The van der Waals surface area contributed by atoms with E-state index in [1.165, 1.54) is 25.3 Å². The Hall–Kier alpha value is -3.53. The van der Waals surface area contributed by atoms with E-state index in [9.17, 15) is 9.59 Å². The molecule has 2 rings (SSSR count). The van der Waals surface area contributed by atoms with Crippen molar-refractivity contribution in [2.75, 3.05) is 13.7 Å². The quantitative estimate of drug-likeness (QED) is 0.769. The number of benzene rings is 2. The highest BCUT2D eigenvalue weighted by Gasteiger charge is 2.14. The van der Waals surface area contributed by atoms with Gasteiger partial charge in [0.15, 0.2) is 18.1 Å². The van der Waals surface area contributed by atoms with E-state index < -0.39 is 11.9 Å². The van der Waals surface area contributed by atoms with Crippen LogP contribution in [0.25, 0.3) is 0 Å². The maximum absolute atomic E-state index is 12.2. The Labute approximate surface area is 144 Å². The van der Waals surface area contributed by atoms with Gasteiger partial charge in [0.25, 0.3) is 5.91 Å². The third-order valence-corrected chi connectivity index (χ3v) is 3.27. The summed E-state index contributed by atoms with van der Waals surface area (Å²) in [5.74, 6) is -0.644. The van der Waals surface area contributed by atoms with E-state index in [4.69, 9.17) is 25.2 Å². The highest BCUT2D eigenvalue weighted by atomic mass is 16.5. The van der Waals surface area contributed by atoms with E-state index in [0.29, 0.717) is 11.1 Å². The molecule has 25 heavy (non-hydrogen) atoms. The lowest BCUT2D eigenvalue weighted by molar-refractivity contribution is -0.119. The Kier molecular flexibility index (Phi) is 5.96. The van der Waals surface area contributed by atoms with Gasteiger partial charge in [0, 0.05) is 5.56 Å². The van der Waals surface area contributed by atoms with Crippen molar-refractivity contribution in [2.24, 2.45) is 5.73 Å². The summed E-state index contributed by atoms with van der Waals surface area (Å²) in [6, 6.07) is 13.3. The van der Waals surface area contributed by atoms with Crippen molar-refractivity contribution in [3.63, 3.8) is 0 Å². The molecule has 0 radical (unpaired) electrons. The van der Waals surface area contributed by atoms with Crippen LogP contribution in [0, 0.1) is 11.3 Å². The zero-order chi connectivity index (χ0) is 18.2. The number of nitrogens with two attached hydrogens (primary N) is 1. The smallest absolute Gasteiger partial charge is 0.338 e. The average molecular weight is 340 g/mol. The van der Waals surface area contributed by atoms with Crippen molar-refractivity contribution in [3.05, 3.63) is 59.2 Å². The van der Waals surface area contributed by atoms with Gasteiger partial charge in [-0.15, -0.1) is 0 Å². The van der Waals surface area contributed by atoms with Gasteiger partial charge in [-0.3, -0.25) is 4.79 Å². The Morgan fingerprint density at radius 3 is 2.60 bits per heavy atom. The molecule has 7 heteroatoms. The highest BCUT2D eigenvalue weighted by Crippen LogP contribution is 2.28. The second-order valence-electron chi connectivity index (χ2n) is 4.97. The first-order valence-electron chi connectivity index (χ1n) is 7.29. The number of hydrogen-bond acceptors (Lipinski definition) is 6. The zero-order valence-electron chi connectivity index (χ0n) is 13.5. The molecule has 0 fully saturated rings. The Morgan fingerprint density at radius 1 is 1.16 bits per heavy atom. The van der Waals surface area contributed by atoms with Gasteiger partial charge in [-0.2, -0.15) is 5.26 Å². The van der Waals surface area contributed by atoms with Crippen molar-refractivity contribution in [1.82, 2.24) is 0 Å². The molecule has 0 spiro atoms. The normalized spacial score (nSPS) is 9.76. The molecule has 0 bridgehead atoms. The van der Waals surface area contributed by atoms with Gasteiger partial charge in [-0.25, -0.2) is 4.79 Å². The van der Waals surface area contributed by atoms with Crippen LogP contribution >= 0.6 is 0 Å². The number of carbonyl (C=O) groups is 2. The first-order valence-corrected chi connectivity index (χ1v) is 7.29. The fourth-order valence-corrected chi connectivity index (χ4v) is 2.04. The number of rotatable bonds is 7. The van der Waals surface area contributed by atoms with Crippen LogP contribution in [-0.4, -0.2) is 25.6 Å². The van der Waals surface area contributed by atoms with Crippen LogP contribution in [0.5, 0.6) is 11.5 Å². The number of primary amides is 1. The van der Waals surface area contributed by atoms with Gasteiger partial charge in [-0.1, -0.05) is 18.2 Å². The fraction of sp³-hybridized carbons (Fsp3) is 0.167. The maximum Gasteiger partial charge on any atom is 0.338 e. The van der Waals surface area contributed by atoms with Crippen molar-refractivity contribution >= 4 is 11.9 Å². The Bertz CT molecular complexity index is 826. The van der Waals surface area contributed by atoms with Crippen LogP contribution in [-0.2, 0) is 16.1 Å². The van der Waals surface area contributed by atoms with Gasteiger partial charge >= 0.3 is 5.97 Å². The summed E-state index contributed by atoms with van der Waals surface area (Å²) in [6.07, 6.45) is 0. The molecule has 0 atom stereocenters. The number of nitrogens with zero attached hydrogens (tertiary/aromatic N) is 1. The highest BCUT2D eigenvalue weighted by molar-refractivity contribution is 5.90. The van der Waals surface area contributed by atoms with Crippen LogP contribution in [0.15, 0.2) is 42.5 Å². The molecule has 128 valence electrons. The molecule has 0 aromatic heterocycles.